The molecule has 14 nitrogen and oxygen atoms in total. The van der Waals surface area contributed by atoms with E-state index in [-0.39, 0.29) is 19.6 Å². The van der Waals surface area contributed by atoms with Gasteiger partial charge in [-0.3, -0.25) is 4.79 Å². The number of hydrogen-bond donors (Lipinski definition) is 7. The number of aliphatic hydroxyl groups excluding tert-OH is 7. The first-order valence-electron chi connectivity index (χ1n) is 19.3. The van der Waals surface area contributed by atoms with Gasteiger partial charge in [-0.25, -0.2) is 0 Å². The molecule has 11 atom stereocenters. The molecule has 2 heterocycles. The molecule has 11 unspecified atom stereocenters. The smallest absolute Gasteiger partial charge is 0.305 e. The SMILES string of the molecule is CCCCCCCCC/C=C\CCCCCCCCOCC(COC1OC(COC2OC(CO)C(O)C(O)C2O)C(O)C(O)C1O)OC(=O)CC. The summed E-state index contributed by atoms with van der Waals surface area (Å²) in [4.78, 5) is 12.0. The highest BCUT2D eigenvalue weighted by molar-refractivity contribution is 5.69. The van der Waals surface area contributed by atoms with Crippen molar-refractivity contribution < 1.29 is 69.0 Å². The lowest BCUT2D eigenvalue weighted by Gasteiger charge is -2.42. The molecule has 0 aromatic heterocycles. The predicted molar refractivity (Wildman–Crippen MR) is 187 cm³/mol. The van der Waals surface area contributed by atoms with Crippen LogP contribution < -0.4 is 0 Å². The van der Waals surface area contributed by atoms with Crippen LogP contribution in [-0.4, -0.2) is 142 Å². The Morgan fingerprint density at radius 1 is 0.627 bits per heavy atom. The minimum Gasteiger partial charge on any atom is -0.457 e. The van der Waals surface area contributed by atoms with Crippen LogP contribution in [0.15, 0.2) is 12.2 Å². The molecule has 7 N–H and O–H groups in total. The summed E-state index contributed by atoms with van der Waals surface area (Å²) in [7, 11) is 0. The molecule has 2 aliphatic heterocycles. The van der Waals surface area contributed by atoms with Gasteiger partial charge in [0.15, 0.2) is 12.6 Å². The number of unbranched alkanes of at least 4 members (excludes halogenated alkanes) is 13. The molecule has 0 aromatic rings. The van der Waals surface area contributed by atoms with Crippen LogP contribution in [0.4, 0.5) is 0 Å². The van der Waals surface area contributed by atoms with E-state index in [9.17, 15) is 40.5 Å². The maximum absolute atomic E-state index is 12.0. The van der Waals surface area contributed by atoms with Crippen molar-refractivity contribution in [2.45, 2.75) is 184 Å². The first-order valence-corrected chi connectivity index (χ1v) is 19.3. The van der Waals surface area contributed by atoms with Gasteiger partial charge in [-0.15, -0.1) is 0 Å². The zero-order chi connectivity index (χ0) is 37.4. The molecule has 0 radical (unpaired) electrons. The molecule has 2 saturated heterocycles. The number of hydrogen-bond acceptors (Lipinski definition) is 14. The molecule has 0 saturated carbocycles. The summed E-state index contributed by atoms with van der Waals surface area (Å²) in [6.45, 7) is 3.06. The maximum Gasteiger partial charge on any atom is 0.305 e. The van der Waals surface area contributed by atoms with Gasteiger partial charge in [0.05, 0.1) is 26.4 Å². The number of rotatable bonds is 28. The van der Waals surface area contributed by atoms with E-state index in [1.165, 1.54) is 70.6 Å². The molecule has 0 aromatic carbocycles. The summed E-state index contributed by atoms with van der Waals surface area (Å²) in [5.74, 6) is -0.466. The second kappa shape index (κ2) is 27.3. The molecule has 2 fully saturated rings. The molecule has 14 heteroatoms. The molecule has 51 heavy (non-hydrogen) atoms. The molecule has 0 spiro atoms. The Morgan fingerprint density at radius 3 is 1.71 bits per heavy atom. The lowest BCUT2D eigenvalue weighted by atomic mass is 9.98. The summed E-state index contributed by atoms with van der Waals surface area (Å²) in [6, 6.07) is 0. The van der Waals surface area contributed by atoms with Gasteiger partial charge < -0.3 is 64.2 Å². The summed E-state index contributed by atoms with van der Waals surface area (Å²) in [5.41, 5.74) is 0. The van der Waals surface area contributed by atoms with Crippen LogP contribution in [0, 0.1) is 0 Å². The lowest BCUT2D eigenvalue weighted by molar-refractivity contribution is -0.332. The van der Waals surface area contributed by atoms with Crippen LogP contribution >= 0.6 is 0 Å². The number of carbonyl (C=O) groups excluding carboxylic acids is 1. The topological polar surface area (TPSA) is 214 Å². The first kappa shape index (κ1) is 45.9. The van der Waals surface area contributed by atoms with E-state index in [0.29, 0.717) is 6.61 Å². The van der Waals surface area contributed by atoms with Crippen LogP contribution in [0.25, 0.3) is 0 Å². The van der Waals surface area contributed by atoms with E-state index in [0.717, 1.165) is 25.7 Å². The monoisotopic (exact) mass is 736 g/mol. The number of ether oxygens (including phenoxy) is 6. The van der Waals surface area contributed by atoms with E-state index in [4.69, 9.17) is 28.4 Å². The predicted octanol–water partition coefficient (Wildman–Crippen LogP) is 2.39. The lowest BCUT2D eigenvalue weighted by Crippen LogP contribution is -2.61. The van der Waals surface area contributed by atoms with E-state index >= 15 is 0 Å². The molecular weight excluding hydrogens is 668 g/mol. The summed E-state index contributed by atoms with van der Waals surface area (Å²) >= 11 is 0. The van der Waals surface area contributed by atoms with Gasteiger partial charge in [-0.05, 0) is 32.1 Å². The Balaban J connectivity index is 1.65. The Hall–Kier alpha value is -1.27. The standard InChI is InChI=1S/C37H68O14/c1-3-5-6-7-8-9-10-11-12-13-14-15-16-17-18-19-20-21-46-23-26(49-29(39)4-2)24-47-36-35(45)33(43)31(41)28(51-36)25-48-37-34(44)32(42)30(40)27(22-38)50-37/h12-13,26-28,30-38,40-45H,3-11,14-25H2,1-2H3/b13-12-. The van der Waals surface area contributed by atoms with Crippen LogP contribution in [0.3, 0.4) is 0 Å². The quantitative estimate of drug-likeness (QED) is 0.0349. The van der Waals surface area contributed by atoms with E-state index in [1.54, 1.807) is 6.92 Å². The minimum atomic E-state index is -1.70. The second-order valence-corrected chi connectivity index (χ2v) is 13.7. The fraction of sp³-hybridized carbons (Fsp3) is 0.919. The van der Waals surface area contributed by atoms with Crippen LogP contribution in [0.1, 0.15) is 117 Å². The van der Waals surface area contributed by atoms with Crippen molar-refractivity contribution in [1.29, 1.82) is 0 Å². The largest absolute Gasteiger partial charge is 0.457 e. The van der Waals surface area contributed by atoms with Crippen molar-refractivity contribution in [2.24, 2.45) is 0 Å². The van der Waals surface area contributed by atoms with Crippen LogP contribution in [0.5, 0.6) is 0 Å². The average molecular weight is 737 g/mol. The van der Waals surface area contributed by atoms with Gasteiger partial charge in [0.2, 0.25) is 0 Å². The number of allylic oxidation sites excluding steroid dienone is 2. The summed E-state index contributed by atoms with van der Waals surface area (Å²) in [6.07, 6.45) is 6.97. The third-order valence-corrected chi connectivity index (χ3v) is 9.33. The molecule has 0 bridgehead atoms. The maximum atomic E-state index is 12.0. The van der Waals surface area contributed by atoms with Crippen LogP contribution in [-0.2, 0) is 33.2 Å². The van der Waals surface area contributed by atoms with Crippen molar-refractivity contribution in [1.82, 2.24) is 0 Å². The van der Waals surface area contributed by atoms with Crippen molar-refractivity contribution >= 4 is 5.97 Å². The third-order valence-electron chi connectivity index (χ3n) is 9.33. The highest BCUT2D eigenvalue weighted by atomic mass is 16.7. The van der Waals surface area contributed by atoms with E-state index in [1.807, 2.05) is 0 Å². The highest BCUT2D eigenvalue weighted by Gasteiger charge is 2.47. The minimum absolute atomic E-state index is 0.0502. The van der Waals surface area contributed by atoms with E-state index in [2.05, 4.69) is 19.1 Å². The van der Waals surface area contributed by atoms with Crippen LogP contribution in [0.2, 0.25) is 0 Å². The second-order valence-electron chi connectivity index (χ2n) is 13.7. The van der Waals surface area contributed by atoms with Gasteiger partial charge in [-0.1, -0.05) is 90.2 Å². The van der Waals surface area contributed by atoms with Crippen molar-refractivity contribution in [3.63, 3.8) is 0 Å². The molecule has 0 amide bonds. The van der Waals surface area contributed by atoms with Gasteiger partial charge in [0, 0.05) is 13.0 Å². The molecular formula is C37H68O14. The molecule has 300 valence electrons. The summed E-state index contributed by atoms with van der Waals surface area (Å²) < 4.78 is 33.3. The van der Waals surface area contributed by atoms with E-state index < -0.39 is 86.7 Å². The Labute approximate surface area is 304 Å². The molecule has 2 rings (SSSR count). The molecule has 0 aliphatic carbocycles. The fourth-order valence-electron chi connectivity index (χ4n) is 6.02. The Morgan fingerprint density at radius 2 is 1.14 bits per heavy atom. The van der Waals surface area contributed by atoms with Crippen molar-refractivity contribution in [2.75, 3.05) is 33.0 Å². The first-order chi connectivity index (χ1) is 24.6. The number of carbonyl (C=O) groups is 1. The third kappa shape index (κ3) is 17.6. The zero-order valence-electron chi connectivity index (χ0n) is 30.8. The fourth-order valence-corrected chi connectivity index (χ4v) is 6.02. The van der Waals surface area contributed by atoms with Gasteiger partial charge >= 0.3 is 5.97 Å². The zero-order valence-corrected chi connectivity index (χ0v) is 30.8. The normalized spacial score (nSPS) is 30.5. The Kier molecular flexibility index (Phi) is 24.6. The van der Waals surface area contributed by atoms with Crippen molar-refractivity contribution in [3.05, 3.63) is 12.2 Å². The summed E-state index contributed by atoms with van der Waals surface area (Å²) in [5, 5.41) is 71.0. The highest BCUT2D eigenvalue weighted by Crippen LogP contribution is 2.26. The number of aliphatic hydroxyl groups is 7. The van der Waals surface area contributed by atoms with Gasteiger partial charge in [-0.2, -0.15) is 0 Å². The van der Waals surface area contributed by atoms with Crippen molar-refractivity contribution in [3.8, 4) is 0 Å². The average Bonchev–Trinajstić information content (AvgIpc) is 3.13. The number of esters is 1. The Bertz CT molecular complexity index is 907. The van der Waals surface area contributed by atoms with Gasteiger partial charge in [0.1, 0.15) is 54.9 Å². The molecule has 2 aliphatic rings. The van der Waals surface area contributed by atoms with Gasteiger partial charge in [0.25, 0.3) is 0 Å².